The van der Waals surface area contributed by atoms with Gasteiger partial charge in [0.1, 0.15) is 11.9 Å². The number of rotatable bonds is 5. The Morgan fingerprint density at radius 3 is 2.41 bits per heavy atom. The van der Waals surface area contributed by atoms with Gasteiger partial charge in [-0.3, -0.25) is 0 Å². The molecule has 1 fully saturated rings. The molecule has 0 atom stereocenters. The Kier molecular flexibility index (Phi) is 5.59. The zero-order valence-corrected chi connectivity index (χ0v) is 18.0. The lowest BCUT2D eigenvalue weighted by atomic mass is 10.1. The maximum atomic E-state index is 13.0. The van der Waals surface area contributed by atoms with Crippen molar-refractivity contribution >= 4 is 31.6 Å². The number of halogens is 1. The van der Waals surface area contributed by atoms with Crippen molar-refractivity contribution in [2.75, 3.05) is 13.1 Å². The smallest absolute Gasteiger partial charge is 0.274 e. The van der Waals surface area contributed by atoms with Crippen molar-refractivity contribution in [3.8, 4) is 5.19 Å². The lowest BCUT2D eigenvalue weighted by molar-refractivity contribution is 0.135. The number of aryl methyl sites for hydroxylation is 2. The largest absolute Gasteiger partial charge is 0.467 e. The number of hydrogen-bond acceptors (Lipinski definition) is 5. The van der Waals surface area contributed by atoms with Crippen LogP contribution in [0, 0.1) is 19.7 Å². The fourth-order valence-electron chi connectivity index (χ4n) is 3.54. The lowest BCUT2D eigenvalue weighted by Gasteiger charge is -2.30. The molecule has 8 heteroatoms. The number of ether oxygens (including phenoxy) is 1. The summed E-state index contributed by atoms with van der Waals surface area (Å²) in [6.45, 7) is 4.93. The van der Waals surface area contributed by atoms with Crippen LogP contribution in [-0.4, -0.2) is 36.9 Å². The number of piperidine rings is 1. The van der Waals surface area contributed by atoms with E-state index in [2.05, 4.69) is 24.0 Å². The van der Waals surface area contributed by atoms with Crippen LogP contribution in [0.2, 0.25) is 0 Å². The molecular weight excluding hydrogens is 411 g/mol. The van der Waals surface area contributed by atoms with E-state index in [9.17, 15) is 12.8 Å². The van der Waals surface area contributed by atoms with Gasteiger partial charge in [-0.2, -0.15) is 0 Å². The first-order chi connectivity index (χ1) is 13.8. The van der Waals surface area contributed by atoms with E-state index >= 15 is 0 Å². The second kappa shape index (κ2) is 8.01. The summed E-state index contributed by atoms with van der Waals surface area (Å²) in [5, 5.41) is 0.644. The normalized spacial score (nSPS) is 16.4. The summed E-state index contributed by atoms with van der Waals surface area (Å²) in [4.78, 5) is 4.63. The molecule has 2 heterocycles. The van der Waals surface area contributed by atoms with Gasteiger partial charge in [0, 0.05) is 13.1 Å². The monoisotopic (exact) mass is 434 g/mol. The Labute approximate surface area is 174 Å². The summed E-state index contributed by atoms with van der Waals surface area (Å²) >= 11 is 1.55. The molecule has 3 aromatic rings. The Morgan fingerprint density at radius 1 is 1.10 bits per heavy atom. The van der Waals surface area contributed by atoms with Crippen molar-refractivity contribution in [3.63, 3.8) is 0 Å². The zero-order valence-electron chi connectivity index (χ0n) is 16.4. The summed E-state index contributed by atoms with van der Waals surface area (Å²) in [5.74, 6) is -0.487. The minimum atomic E-state index is -3.43. The molecule has 1 saturated heterocycles. The van der Waals surface area contributed by atoms with Gasteiger partial charge in [-0.15, -0.1) is 0 Å². The van der Waals surface area contributed by atoms with Gasteiger partial charge in [0.05, 0.1) is 16.0 Å². The number of sulfonamides is 1. The molecule has 0 radical (unpaired) electrons. The second-order valence-electron chi connectivity index (χ2n) is 7.46. The zero-order chi connectivity index (χ0) is 20.6. The predicted molar refractivity (Wildman–Crippen MR) is 113 cm³/mol. The van der Waals surface area contributed by atoms with Gasteiger partial charge in [0.2, 0.25) is 10.0 Å². The third-order valence-electron chi connectivity index (χ3n) is 5.25. The van der Waals surface area contributed by atoms with Crippen molar-refractivity contribution < 1.29 is 17.5 Å². The molecule has 2 aromatic carbocycles. The standard InChI is InChI=1S/C21H23FN2O3S2/c1-14-3-4-15(2)20-19(14)23-21(28-20)27-18-9-11-24(12-10-18)29(25,26)13-16-5-7-17(22)8-6-16/h3-8,18H,9-13H2,1-2H3. The van der Waals surface area contributed by atoms with Crippen LogP contribution in [0.4, 0.5) is 4.39 Å². The van der Waals surface area contributed by atoms with Crippen LogP contribution in [0.5, 0.6) is 5.19 Å². The van der Waals surface area contributed by atoms with Gasteiger partial charge in [0.25, 0.3) is 5.19 Å². The first kappa shape index (κ1) is 20.3. The number of nitrogens with zero attached hydrogens (tertiary/aromatic N) is 2. The molecule has 1 aliphatic heterocycles. The maximum absolute atomic E-state index is 13.0. The van der Waals surface area contributed by atoms with Crippen LogP contribution in [0.1, 0.15) is 29.5 Å². The highest BCUT2D eigenvalue weighted by atomic mass is 32.2. The summed E-state index contributed by atoms with van der Waals surface area (Å²) in [6, 6.07) is 9.74. The minimum absolute atomic E-state index is 0.0477. The van der Waals surface area contributed by atoms with Crippen molar-refractivity contribution in [1.82, 2.24) is 9.29 Å². The molecule has 29 heavy (non-hydrogen) atoms. The number of aromatic nitrogens is 1. The molecular formula is C21H23FN2O3S2. The minimum Gasteiger partial charge on any atom is -0.467 e. The third-order valence-corrected chi connectivity index (χ3v) is 8.18. The second-order valence-corrected chi connectivity index (χ2v) is 10.4. The summed E-state index contributed by atoms with van der Waals surface area (Å²) < 4.78 is 47.1. The van der Waals surface area contributed by atoms with Gasteiger partial charge in [-0.25, -0.2) is 22.1 Å². The van der Waals surface area contributed by atoms with E-state index in [1.807, 2.05) is 6.92 Å². The average molecular weight is 435 g/mol. The van der Waals surface area contributed by atoms with E-state index in [4.69, 9.17) is 4.74 Å². The van der Waals surface area contributed by atoms with Gasteiger partial charge >= 0.3 is 0 Å². The summed E-state index contributed by atoms with van der Waals surface area (Å²) in [5.41, 5.74) is 3.87. The predicted octanol–water partition coefficient (Wildman–Crippen LogP) is 4.43. The molecule has 4 rings (SSSR count). The van der Waals surface area contributed by atoms with Crippen molar-refractivity contribution in [3.05, 3.63) is 58.9 Å². The van der Waals surface area contributed by atoms with E-state index in [1.165, 1.54) is 34.1 Å². The Morgan fingerprint density at radius 2 is 1.76 bits per heavy atom. The van der Waals surface area contributed by atoms with Crippen molar-refractivity contribution in [1.29, 1.82) is 0 Å². The van der Waals surface area contributed by atoms with Crippen LogP contribution < -0.4 is 4.74 Å². The molecule has 5 nitrogen and oxygen atoms in total. The van der Waals surface area contributed by atoms with E-state index < -0.39 is 10.0 Å². The van der Waals surface area contributed by atoms with E-state index in [0.29, 0.717) is 36.7 Å². The first-order valence-corrected chi connectivity index (χ1v) is 12.0. The Bertz CT molecular complexity index is 1080. The van der Waals surface area contributed by atoms with Gasteiger partial charge in [-0.1, -0.05) is 35.6 Å². The molecule has 0 amide bonds. The first-order valence-electron chi connectivity index (χ1n) is 9.57. The molecule has 0 saturated carbocycles. The van der Waals surface area contributed by atoms with Gasteiger partial charge in [-0.05, 0) is 55.5 Å². The fraction of sp³-hybridized carbons (Fsp3) is 0.381. The quantitative estimate of drug-likeness (QED) is 0.596. The highest BCUT2D eigenvalue weighted by Crippen LogP contribution is 2.33. The summed E-state index contributed by atoms with van der Waals surface area (Å²) in [7, 11) is -3.43. The van der Waals surface area contributed by atoms with Crippen LogP contribution in [-0.2, 0) is 15.8 Å². The number of hydrogen-bond donors (Lipinski definition) is 0. The molecule has 1 aromatic heterocycles. The van der Waals surface area contributed by atoms with Crippen LogP contribution in [0.15, 0.2) is 36.4 Å². The van der Waals surface area contributed by atoms with Gasteiger partial charge < -0.3 is 4.74 Å². The van der Waals surface area contributed by atoms with Crippen molar-refractivity contribution in [2.24, 2.45) is 0 Å². The van der Waals surface area contributed by atoms with Crippen LogP contribution in [0.25, 0.3) is 10.2 Å². The SMILES string of the molecule is Cc1ccc(C)c2sc(OC3CCN(S(=O)(=O)Cc4ccc(F)cc4)CC3)nc12. The average Bonchev–Trinajstić information content (AvgIpc) is 3.12. The number of benzene rings is 2. The van der Waals surface area contributed by atoms with E-state index in [1.54, 1.807) is 11.3 Å². The summed E-state index contributed by atoms with van der Waals surface area (Å²) in [6.07, 6.45) is 1.20. The molecule has 0 unspecified atom stereocenters. The molecule has 0 aliphatic carbocycles. The Hall–Kier alpha value is -2.03. The molecule has 1 aliphatic rings. The highest BCUT2D eigenvalue weighted by Gasteiger charge is 2.29. The third kappa shape index (κ3) is 4.44. The van der Waals surface area contributed by atoms with Crippen LogP contribution >= 0.6 is 11.3 Å². The molecule has 154 valence electrons. The molecule has 0 spiro atoms. The number of fused-ring (bicyclic) bond motifs is 1. The van der Waals surface area contributed by atoms with E-state index in [0.717, 1.165) is 15.8 Å². The molecule has 0 N–H and O–H groups in total. The molecule has 0 bridgehead atoms. The topological polar surface area (TPSA) is 59.5 Å². The fourth-order valence-corrected chi connectivity index (χ4v) is 6.13. The Balaban J connectivity index is 1.38. The van der Waals surface area contributed by atoms with Crippen molar-refractivity contribution in [2.45, 2.75) is 38.5 Å². The van der Waals surface area contributed by atoms with Crippen LogP contribution in [0.3, 0.4) is 0 Å². The number of thiazole rings is 1. The lowest BCUT2D eigenvalue weighted by Crippen LogP contribution is -2.42. The van der Waals surface area contributed by atoms with E-state index in [-0.39, 0.29) is 17.7 Å². The van der Waals surface area contributed by atoms with Gasteiger partial charge in [0.15, 0.2) is 0 Å². The highest BCUT2D eigenvalue weighted by molar-refractivity contribution is 7.88. The maximum Gasteiger partial charge on any atom is 0.274 e.